The van der Waals surface area contributed by atoms with E-state index in [0.29, 0.717) is 11.9 Å². The van der Waals surface area contributed by atoms with Crippen molar-refractivity contribution in [2.45, 2.75) is 52.2 Å². The molecular formula is C23H28N6O. The van der Waals surface area contributed by atoms with Crippen LogP contribution < -0.4 is 5.32 Å². The number of carbonyl (C=O) groups excluding carboxylic acids is 1. The van der Waals surface area contributed by atoms with Gasteiger partial charge >= 0.3 is 0 Å². The van der Waals surface area contributed by atoms with Crippen LogP contribution in [0.4, 0.5) is 5.69 Å². The fourth-order valence-corrected chi connectivity index (χ4v) is 3.83. The van der Waals surface area contributed by atoms with Gasteiger partial charge in [-0.2, -0.15) is 4.80 Å². The topological polar surface area (TPSA) is 75.9 Å². The molecule has 4 rings (SSSR count). The Labute approximate surface area is 177 Å². The normalized spacial score (nSPS) is 17.1. The maximum Gasteiger partial charge on any atom is 0.248 e. The van der Waals surface area contributed by atoms with Crippen LogP contribution in [0.1, 0.15) is 37.3 Å². The monoisotopic (exact) mass is 404 g/mol. The molecule has 1 unspecified atom stereocenters. The SMILES string of the molecule is Cc1ccc(-c2nnn(CC(=O)Nc3cccc(CN4CCCCC4C)c3)n2)cc1. The summed E-state index contributed by atoms with van der Waals surface area (Å²) >= 11 is 0. The van der Waals surface area contributed by atoms with Crippen LogP contribution in [0.15, 0.2) is 48.5 Å². The van der Waals surface area contributed by atoms with Crippen molar-refractivity contribution in [1.29, 1.82) is 0 Å². The molecule has 0 radical (unpaired) electrons. The average Bonchev–Trinajstić information content (AvgIpc) is 3.19. The van der Waals surface area contributed by atoms with Crippen molar-refractivity contribution < 1.29 is 4.79 Å². The molecule has 0 bridgehead atoms. The Hall–Kier alpha value is -3.06. The molecule has 1 aromatic heterocycles. The highest BCUT2D eigenvalue weighted by atomic mass is 16.2. The van der Waals surface area contributed by atoms with Crippen molar-refractivity contribution in [1.82, 2.24) is 25.1 Å². The molecule has 1 aliphatic heterocycles. The number of anilines is 1. The lowest BCUT2D eigenvalue weighted by Gasteiger charge is -2.33. The van der Waals surface area contributed by atoms with Crippen LogP contribution in [0.5, 0.6) is 0 Å². The Kier molecular flexibility index (Phi) is 6.18. The predicted molar refractivity (Wildman–Crippen MR) is 117 cm³/mol. The lowest BCUT2D eigenvalue weighted by molar-refractivity contribution is -0.117. The van der Waals surface area contributed by atoms with Gasteiger partial charge in [-0.25, -0.2) is 0 Å². The fourth-order valence-electron chi connectivity index (χ4n) is 3.83. The molecule has 1 atom stereocenters. The number of piperidine rings is 1. The van der Waals surface area contributed by atoms with E-state index in [9.17, 15) is 4.79 Å². The molecule has 1 saturated heterocycles. The molecule has 3 aromatic rings. The van der Waals surface area contributed by atoms with Crippen LogP contribution in [0.2, 0.25) is 0 Å². The number of hydrogen-bond donors (Lipinski definition) is 1. The summed E-state index contributed by atoms with van der Waals surface area (Å²) in [5.41, 5.74) is 4.05. The number of amides is 1. The molecular weight excluding hydrogens is 376 g/mol. The van der Waals surface area contributed by atoms with E-state index in [0.717, 1.165) is 24.3 Å². The van der Waals surface area contributed by atoms with E-state index in [4.69, 9.17) is 0 Å². The van der Waals surface area contributed by atoms with Gasteiger partial charge in [0.25, 0.3) is 0 Å². The summed E-state index contributed by atoms with van der Waals surface area (Å²) in [6.07, 6.45) is 3.83. The smallest absolute Gasteiger partial charge is 0.248 e. The summed E-state index contributed by atoms with van der Waals surface area (Å²) in [5, 5.41) is 15.3. The highest BCUT2D eigenvalue weighted by Crippen LogP contribution is 2.20. The van der Waals surface area contributed by atoms with Crippen molar-refractivity contribution in [2.75, 3.05) is 11.9 Å². The third kappa shape index (κ3) is 5.10. The molecule has 7 nitrogen and oxygen atoms in total. The fraction of sp³-hybridized carbons (Fsp3) is 0.391. The molecule has 1 fully saturated rings. The van der Waals surface area contributed by atoms with Gasteiger partial charge in [0.2, 0.25) is 11.7 Å². The largest absolute Gasteiger partial charge is 0.324 e. The Morgan fingerprint density at radius 3 is 2.80 bits per heavy atom. The second-order valence-electron chi connectivity index (χ2n) is 8.07. The van der Waals surface area contributed by atoms with Crippen LogP contribution in [0.3, 0.4) is 0 Å². The molecule has 30 heavy (non-hydrogen) atoms. The molecule has 2 aromatic carbocycles. The van der Waals surface area contributed by atoms with Crippen molar-refractivity contribution in [3.8, 4) is 11.4 Å². The maximum atomic E-state index is 12.5. The summed E-state index contributed by atoms with van der Waals surface area (Å²) in [5.74, 6) is 0.340. The van der Waals surface area contributed by atoms with Gasteiger partial charge in [-0.3, -0.25) is 9.69 Å². The number of tetrazole rings is 1. The number of carbonyl (C=O) groups is 1. The number of aromatic nitrogens is 4. The van der Waals surface area contributed by atoms with Gasteiger partial charge in [0, 0.05) is 23.8 Å². The van der Waals surface area contributed by atoms with Gasteiger partial charge in [0.1, 0.15) is 6.54 Å². The summed E-state index contributed by atoms with van der Waals surface area (Å²) in [6.45, 7) is 6.39. The zero-order valence-corrected chi connectivity index (χ0v) is 17.6. The average molecular weight is 405 g/mol. The standard InChI is InChI=1S/C23H28N6O/c1-17-9-11-20(12-10-17)23-25-27-29(26-23)16-22(30)24-21-8-5-7-19(14-21)15-28-13-4-3-6-18(28)2/h5,7-12,14,18H,3-4,6,13,15-16H2,1-2H3,(H,24,30). The van der Waals surface area contributed by atoms with E-state index in [2.05, 4.69) is 38.6 Å². The maximum absolute atomic E-state index is 12.5. The number of nitrogens with zero attached hydrogens (tertiary/aromatic N) is 5. The Morgan fingerprint density at radius 1 is 1.17 bits per heavy atom. The second kappa shape index (κ2) is 9.17. The summed E-state index contributed by atoms with van der Waals surface area (Å²) in [7, 11) is 0. The molecule has 1 aliphatic rings. The van der Waals surface area contributed by atoms with Crippen molar-refractivity contribution in [2.24, 2.45) is 0 Å². The van der Waals surface area contributed by atoms with Crippen molar-refractivity contribution in [3.63, 3.8) is 0 Å². The number of hydrogen-bond acceptors (Lipinski definition) is 5. The van der Waals surface area contributed by atoms with Gasteiger partial charge in [0.15, 0.2) is 0 Å². The Morgan fingerprint density at radius 2 is 2.00 bits per heavy atom. The second-order valence-corrected chi connectivity index (χ2v) is 8.07. The molecule has 1 amide bonds. The molecule has 2 heterocycles. The minimum Gasteiger partial charge on any atom is -0.324 e. The molecule has 0 spiro atoms. The van der Waals surface area contributed by atoms with E-state index in [-0.39, 0.29) is 12.5 Å². The number of benzene rings is 2. The van der Waals surface area contributed by atoms with Gasteiger partial charge in [-0.1, -0.05) is 48.4 Å². The first-order valence-corrected chi connectivity index (χ1v) is 10.5. The van der Waals surface area contributed by atoms with E-state index >= 15 is 0 Å². The van der Waals surface area contributed by atoms with Crippen molar-refractivity contribution >= 4 is 11.6 Å². The number of rotatable bonds is 6. The van der Waals surface area contributed by atoms with E-state index in [1.54, 1.807) is 0 Å². The highest BCUT2D eigenvalue weighted by molar-refractivity contribution is 5.90. The first-order chi connectivity index (χ1) is 14.6. The van der Waals surface area contributed by atoms with Crippen LogP contribution in [-0.4, -0.2) is 43.6 Å². The lowest BCUT2D eigenvalue weighted by Crippen LogP contribution is -2.36. The van der Waals surface area contributed by atoms with Crippen LogP contribution in [0.25, 0.3) is 11.4 Å². The molecule has 7 heteroatoms. The molecule has 0 aliphatic carbocycles. The van der Waals surface area contributed by atoms with Gasteiger partial charge in [0.05, 0.1) is 0 Å². The Balaban J connectivity index is 1.35. The Bertz CT molecular complexity index is 997. The zero-order valence-electron chi connectivity index (χ0n) is 17.6. The quantitative estimate of drug-likeness (QED) is 0.679. The first-order valence-electron chi connectivity index (χ1n) is 10.5. The zero-order chi connectivity index (χ0) is 20.9. The minimum atomic E-state index is -0.175. The van der Waals surface area contributed by atoms with E-state index < -0.39 is 0 Å². The summed E-state index contributed by atoms with van der Waals surface area (Å²) in [6, 6.07) is 16.6. The third-order valence-electron chi connectivity index (χ3n) is 5.58. The number of aryl methyl sites for hydroxylation is 1. The molecule has 1 N–H and O–H groups in total. The van der Waals surface area contributed by atoms with Gasteiger partial charge in [-0.15, -0.1) is 10.2 Å². The van der Waals surface area contributed by atoms with Crippen LogP contribution >= 0.6 is 0 Å². The summed E-state index contributed by atoms with van der Waals surface area (Å²) < 4.78 is 0. The van der Waals surface area contributed by atoms with Crippen molar-refractivity contribution in [3.05, 3.63) is 59.7 Å². The predicted octanol–water partition coefficient (Wildman–Crippen LogP) is 3.66. The van der Waals surface area contributed by atoms with E-state index in [1.807, 2.05) is 49.4 Å². The minimum absolute atomic E-state index is 0.0201. The third-order valence-corrected chi connectivity index (χ3v) is 5.58. The van der Waals surface area contributed by atoms with Gasteiger partial charge < -0.3 is 5.32 Å². The van der Waals surface area contributed by atoms with Crippen LogP contribution in [0, 0.1) is 6.92 Å². The van der Waals surface area contributed by atoms with Crippen LogP contribution in [-0.2, 0) is 17.9 Å². The number of likely N-dealkylation sites (tertiary alicyclic amines) is 1. The lowest BCUT2D eigenvalue weighted by atomic mass is 10.0. The highest BCUT2D eigenvalue weighted by Gasteiger charge is 2.18. The van der Waals surface area contributed by atoms with E-state index in [1.165, 1.54) is 35.2 Å². The molecule has 0 saturated carbocycles. The summed E-state index contributed by atoms with van der Waals surface area (Å²) in [4.78, 5) is 16.3. The number of nitrogens with one attached hydrogen (secondary N) is 1. The molecule has 156 valence electrons. The first kappa shape index (κ1) is 20.2. The van der Waals surface area contributed by atoms with Gasteiger partial charge in [-0.05, 0) is 56.1 Å².